The fraction of sp³-hybridized carbons (Fsp3) is 0.444. The summed E-state index contributed by atoms with van der Waals surface area (Å²) in [7, 11) is 1.70. The van der Waals surface area contributed by atoms with Gasteiger partial charge in [-0.25, -0.2) is 0 Å². The van der Waals surface area contributed by atoms with Crippen molar-refractivity contribution in [1.29, 1.82) is 0 Å². The van der Waals surface area contributed by atoms with E-state index < -0.39 is 0 Å². The van der Waals surface area contributed by atoms with Crippen LogP contribution in [-0.4, -0.2) is 48.1 Å². The van der Waals surface area contributed by atoms with Crippen molar-refractivity contribution in [3.05, 3.63) is 59.2 Å². The normalized spacial score (nSPS) is 17.4. The van der Waals surface area contributed by atoms with Gasteiger partial charge >= 0.3 is 0 Å². The van der Waals surface area contributed by atoms with Crippen molar-refractivity contribution in [2.45, 2.75) is 44.8 Å². The van der Waals surface area contributed by atoms with Crippen LogP contribution in [0, 0.1) is 5.92 Å². The number of aromatic nitrogens is 1. The van der Waals surface area contributed by atoms with Crippen LogP contribution in [0.5, 0.6) is 11.5 Å². The van der Waals surface area contributed by atoms with E-state index in [-0.39, 0.29) is 17.8 Å². The number of halogens is 1. The Morgan fingerprint density at radius 3 is 2.48 bits per heavy atom. The van der Waals surface area contributed by atoms with Gasteiger partial charge < -0.3 is 18.9 Å². The van der Waals surface area contributed by atoms with Crippen LogP contribution in [0.4, 0.5) is 0 Å². The Morgan fingerprint density at radius 2 is 1.79 bits per heavy atom. The predicted molar refractivity (Wildman–Crippen MR) is 132 cm³/mol. The number of carbonyl (C=O) groups is 1. The second kappa shape index (κ2) is 9.78. The minimum absolute atomic E-state index is 0.214. The number of fused-ring (bicyclic) bond motifs is 1. The van der Waals surface area contributed by atoms with Gasteiger partial charge in [0.2, 0.25) is 0 Å². The first kappa shape index (κ1) is 22.3. The number of Topliss-reactive ketones (excluding diaryl/α,β-unsaturated/α-hetero) is 1. The number of likely N-dealkylation sites (tertiary alicyclic amines) is 1. The number of rotatable bonds is 9. The van der Waals surface area contributed by atoms with Crippen LogP contribution in [0.15, 0.2) is 48.7 Å². The van der Waals surface area contributed by atoms with Crippen LogP contribution in [0.2, 0.25) is 5.02 Å². The highest BCUT2D eigenvalue weighted by atomic mass is 35.5. The third-order valence-electron chi connectivity index (χ3n) is 6.82. The number of para-hydroxylation sites is 1. The summed E-state index contributed by atoms with van der Waals surface area (Å²) >= 11 is 5.96. The van der Waals surface area contributed by atoms with Crippen LogP contribution in [0.1, 0.15) is 42.5 Å². The fourth-order valence-electron chi connectivity index (χ4n) is 4.85. The maximum absolute atomic E-state index is 12.9. The number of aryl methyl sites for hydroxylation is 1. The fourth-order valence-corrected chi connectivity index (χ4v) is 4.98. The first-order valence-electron chi connectivity index (χ1n) is 12.0. The maximum atomic E-state index is 12.9. The van der Waals surface area contributed by atoms with E-state index in [2.05, 4.69) is 21.7 Å². The molecule has 1 aromatic heterocycles. The molecule has 5 rings (SSSR count). The van der Waals surface area contributed by atoms with Gasteiger partial charge in [-0.3, -0.25) is 4.79 Å². The number of nitrogens with zero attached hydrogens (tertiary/aromatic N) is 2. The van der Waals surface area contributed by atoms with Gasteiger partial charge in [0, 0.05) is 47.7 Å². The van der Waals surface area contributed by atoms with Crippen LogP contribution in [0.25, 0.3) is 10.9 Å². The number of hydrogen-bond acceptors (Lipinski definition) is 4. The van der Waals surface area contributed by atoms with Gasteiger partial charge in [-0.05, 0) is 69.0 Å². The first-order valence-corrected chi connectivity index (χ1v) is 12.3. The predicted octanol–water partition coefficient (Wildman–Crippen LogP) is 5.83. The monoisotopic (exact) mass is 466 g/mol. The van der Waals surface area contributed by atoms with E-state index in [1.54, 1.807) is 7.11 Å². The summed E-state index contributed by atoms with van der Waals surface area (Å²) in [5.41, 5.74) is 1.89. The van der Waals surface area contributed by atoms with Crippen molar-refractivity contribution in [2.75, 3.05) is 26.7 Å². The van der Waals surface area contributed by atoms with Crippen molar-refractivity contribution < 1.29 is 14.3 Å². The first-order chi connectivity index (χ1) is 16.1. The molecule has 0 bridgehead atoms. The molecule has 1 aliphatic heterocycles. The van der Waals surface area contributed by atoms with Crippen molar-refractivity contribution in [3.8, 4) is 11.5 Å². The lowest BCUT2D eigenvalue weighted by atomic mass is 10.1. The van der Waals surface area contributed by atoms with Crippen molar-refractivity contribution in [3.63, 3.8) is 0 Å². The molecule has 1 saturated heterocycles. The Hall–Kier alpha value is -2.50. The van der Waals surface area contributed by atoms with Crippen molar-refractivity contribution in [2.24, 2.45) is 5.92 Å². The van der Waals surface area contributed by atoms with Crippen LogP contribution in [0.3, 0.4) is 0 Å². The molecule has 33 heavy (non-hydrogen) atoms. The van der Waals surface area contributed by atoms with Gasteiger partial charge in [-0.1, -0.05) is 23.7 Å². The number of hydrogen-bond donors (Lipinski definition) is 0. The summed E-state index contributed by atoms with van der Waals surface area (Å²) in [6, 6.07) is 13.6. The highest BCUT2D eigenvalue weighted by Gasteiger charge is 2.32. The maximum Gasteiger partial charge on any atom is 0.168 e. The zero-order valence-corrected chi connectivity index (χ0v) is 19.9. The third-order valence-corrected chi connectivity index (χ3v) is 7.07. The molecule has 6 heteroatoms. The molecular formula is C27H31ClN2O3. The summed E-state index contributed by atoms with van der Waals surface area (Å²) in [6.07, 6.45) is 7.45. The van der Waals surface area contributed by atoms with Gasteiger partial charge in [0.05, 0.1) is 12.6 Å². The minimum atomic E-state index is 0.214. The number of carbonyl (C=O) groups excluding carboxylic acids is 1. The van der Waals surface area contributed by atoms with Crippen molar-refractivity contribution >= 4 is 28.3 Å². The van der Waals surface area contributed by atoms with E-state index >= 15 is 0 Å². The molecule has 2 fully saturated rings. The van der Waals surface area contributed by atoms with Crippen LogP contribution in [-0.2, 0) is 6.54 Å². The summed E-state index contributed by atoms with van der Waals surface area (Å²) in [4.78, 5) is 15.4. The molecule has 5 nitrogen and oxygen atoms in total. The van der Waals surface area contributed by atoms with E-state index in [0.717, 1.165) is 91.3 Å². The van der Waals surface area contributed by atoms with Gasteiger partial charge in [0.15, 0.2) is 5.78 Å². The Kier molecular flexibility index (Phi) is 6.61. The largest absolute Gasteiger partial charge is 0.495 e. The topological polar surface area (TPSA) is 43.7 Å². The third kappa shape index (κ3) is 5.04. The number of ketones is 1. The molecule has 0 amide bonds. The summed E-state index contributed by atoms with van der Waals surface area (Å²) in [6.45, 7) is 3.99. The molecule has 1 saturated carbocycles. The molecule has 3 aromatic rings. The highest BCUT2D eigenvalue weighted by molar-refractivity contribution is 6.30. The Bertz CT molecular complexity index is 1110. The molecule has 0 radical (unpaired) electrons. The summed E-state index contributed by atoms with van der Waals surface area (Å²) in [5, 5.41) is 1.75. The average molecular weight is 467 g/mol. The van der Waals surface area contributed by atoms with Crippen molar-refractivity contribution in [1.82, 2.24) is 9.47 Å². The molecule has 0 N–H and O–H groups in total. The number of ether oxygens (including phenoxy) is 2. The average Bonchev–Trinajstić information content (AvgIpc) is 3.63. The molecule has 2 aromatic carbocycles. The second-order valence-corrected chi connectivity index (χ2v) is 9.63. The molecule has 174 valence electrons. The molecule has 0 unspecified atom stereocenters. The van der Waals surface area contributed by atoms with E-state index in [0.29, 0.717) is 0 Å². The lowest BCUT2D eigenvalue weighted by Gasteiger charge is -2.32. The lowest BCUT2D eigenvalue weighted by Crippen LogP contribution is -2.38. The highest BCUT2D eigenvalue weighted by Crippen LogP contribution is 2.37. The molecule has 1 aliphatic carbocycles. The Morgan fingerprint density at radius 1 is 1.03 bits per heavy atom. The van der Waals surface area contributed by atoms with Crippen LogP contribution >= 0.6 is 11.6 Å². The zero-order chi connectivity index (χ0) is 22.8. The molecule has 2 aliphatic rings. The number of methoxy groups -OCH3 is 1. The second-order valence-electron chi connectivity index (χ2n) is 9.20. The summed E-state index contributed by atoms with van der Waals surface area (Å²) in [5.74, 6) is 2.23. The zero-order valence-electron chi connectivity index (χ0n) is 19.1. The van der Waals surface area contributed by atoms with E-state index in [9.17, 15) is 4.79 Å². The number of piperidine rings is 1. The molecule has 0 spiro atoms. The minimum Gasteiger partial charge on any atom is -0.495 e. The summed E-state index contributed by atoms with van der Waals surface area (Å²) < 4.78 is 14.0. The smallest absolute Gasteiger partial charge is 0.168 e. The number of benzene rings is 2. The molecule has 2 heterocycles. The van der Waals surface area contributed by atoms with Gasteiger partial charge in [-0.15, -0.1) is 0 Å². The Balaban J connectivity index is 1.18. The molecule has 0 atom stereocenters. The van der Waals surface area contributed by atoms with Gasteiger partial charge in [-0.2, -0.15) is 0 Å². The lowest BCUT2D eigenvalue weighted by molar-refractivity contribution is 0.0969. The molecular weight excluding hydrogens is 436 g/mol. The van der Waals surface area contributed by atoms with Gasteiger partial charge in [0.25, 0.3) is 0 Å². The standard InChI is InChI=1S/C27H31ClN2O3/c1-32-25-5-2-4-23-24(27(31)19-6-7-19)18-30(26(23)25)15-3-14-29-16-12-22(13-17-29)33-21-10-8-20(28)9-11-21/h2,4-5,8-11,18-19,22H,3,6-7,12-17H2,1H3. The van der Waals surface area contributed by atoms with E-state index in [1.165, 1.54) is 0 Å². The van der Waals surface area contributed by atoms with Crippen LogP contribution < -0.4 is 9.47 Å². The Labute approximate surface area is 200 Å². The quantitative estimate of drug-likeness (QED) is 0.372. The van der Waals surface area contributed by atoms with Gasteiger partial charge in [0.1, 0.15) is 17.6 Å². The van der Waals surface area contributed by atoms with E-state index in [4.69, 9.17) is 21.1 Å². The van der Waals surface area contributed by atoms with E-state index in [1.807, 2.05) is 36.4 Å². The SMILES string of the molecule is COc1cccc2c(C(=O)C3CC3)cn(CCCN3CCC(Oc4ccc(Cl)cc4)CC3)c12.